The molecule has 0 amide bonds. The highest BCUT2D eigenvalue weighted by Gasteiger charge is 2.04. The zero-order valence-electron chi connectivity index (χ0n) is 9.38. The second-order valence-corrected chi connectivity index (χ2v) is 3.86. The van der Waals surface area contributed by atoms with Gasteiger partial charge in [-0.2, -0.15) is 0 Å². The SMILES string of the molecule is Nc1cc(F)cc(NCc2cc(F)ccc2F)c1. The van der Waals surface area contributed by atoms with Gasteiger partial charge in [0.2, 0.25) is 0 Å². The highest BCUT2D eigenvalue weighted by atomic mass is 19.1. The van der Waals surface area contributed by atoms with Crippen molar-refractivity contribution in [2.45, 2.75) is 6.54 Å². The Labute approximate surface area is 102 Å². The lowest BCUT2D eigenvalue weighted by Gasteiger charge is -2.08. The first-order valence-corrected chi connectivity index (χ1v) is 5.28. The molecule has 0 fully saturated rings. The van der Waals surface area contributed by atoms with Crippen LogP contribution in [-0.2, 0) is 6.54 Å². The number of hydrogen-bond acceptors (Lipinski definition) is 2. The molecule has 0 unspecified atom stereocenters. The second-order valence-electron chi connectivity index (χ2n) is 3.86. The van der Waals surface area contributed by atoms with E-state index < -0.39 is 17.5 Å². The Hall–Kier alpha value is -2.17. The Morgan fingerprint density at radius 1 is 0.944 bits per heavy atom. The van der Waals surface area contributed by atoms with Gasteiger partial charge in [-0.3, -0.25) is 0 Å². The molecule has 0 saturated heterocycles. The molecule has 0 radical (unpaired) electrons. The zero-order valence-corrected chi connectivity index (χ0v) is 9.38. The van der Waals surface area contributed by atoms with Crippen LogP contribution in [0.1, 0.15) is 5.56 Å². The Morgan fingerprint density at radius 3 is 2.44 bits per heavy atom. The van der Waals surface area contributed by atoms with E-state index in [-0.39, 0.29) is 17.8 Å². The van der Waals surface area contributed by atoms with Crippen LogP contribution in [0.4, 0.5) is 24.5 Å². The number of rotatable bonds is 3. The van der Waals surface area contributed by atoms with E-state index in [1.54, 1.807) is 0 Å². The van der Waals surface area contributed by atoms with Crippen LogP contribution in [-0.4, -0.2) is 0 Å². The lowest BCUT2D eigenvalue weighted by atomic mass is 10.2. The first-order chi connectivity index (χ1) is 8.54. The maximum atomic E-state index is 13.3. The minimum absolute atomic E-state index is 0.0481. The van der Waals surface area contributed by atoms with Crippen molar-refractivity contribution in [2.75, 3.05) is 11.1 Å². The van der Waals surface area contributed by atoms with Crippen LogP contribution in [0.3, 0.4) is 0 Å². The number of nitrogens with two attached hydrogens (primary N) is 1. The summed E-state index contributed by atoms with van der Waals surface area (Å²) in [5.41, 5.74) is 6.31. The van der Waals surface area contributed by atoms with Crippen molar-refractivity contribution >= 4 is 11.4 Å². The summed E-state index contributed by atoms with van der Waals surface area (Å²) in [5.74, 6) is -1.53. The number of nitrogen functional groups attached to an aromatic ring is 1. The van der Waals surface area contributed by atoms with Gasteiger partial charge in [-0.15, -0.1) is 0 Å². The van der Waals surface area contributed by atoms with E-state index in [2.05, 4.69) is 5.32 Å². The number of anilines is 2. The number of nitrogens with one attached hydrogen (secondary N) is 1. The van der Waals surface area contributed by atoms with Crippen molar-refractivity contribution in [3.8, 4) is 0 Å². The molecule has 0 heterocycles. The Balaban J connectivity index is 2.13. The van der Waals surface area contributed by atoms with Crippen molar-refractivity contribution in [1.29, 1.82) is 0 Å². The molecule has 0 spiro atoms. The van der Waals surface area contributed by atoms with Crippen molar-refractivity contribution in [2.24, 2.45) is 0 Å². The number of benzene rings is 2. The monoisotopic (exact) mass is 252 g/mol. The predicted octanol–water partition coefficient (Wildman–Crippen LogP) is 3.30. The molecule has 0 aliphatic heterocycles. The van der Waals surface area contributed by atoms with Crippen LogP contribution in [0.2, 0.25) is 0 Å². The molecule has 0 saturated carbocycles. The van der Waals surface area contributed by atoms with Gasteiger partial charge in [0.15, 0.2) is 0 Å². The van der Waals surface area contributed by atoms with Crippen LogP contribution in [0, 0.1) is 17.5 Å². The highest BCUT2D eigenvalue weighted by Crippen LogP contribution is 2.17. The topological polar surface area (TPSA) is 38.0 Å². The van der Waals surface area contributed by atoms with Gasteiger partial charge >= 0.3 is 0 Å². The average molecular weight is 252 g/mol. The fourth-order valence-electron chi connectivity index (χ4n) is 1.59. The van der Waals surface area contributed by atoms with E-state index >= 15 is 0 Å². The smallest absolute Gasteiger partial charge is 0.128 e. The molecule has 94 valence electrons. The molecule has 5 heteroatoms. The molecule has 2 rings (SSSR count). The normalized spacial score (nSPS) is 10.4. The summed E-state index contributed by atoms with van der Waals surface area (Å²) in [4.78, 5) is 0. The molecule has 0 aromatic heterocycles. The van der Waals surface area contributed by atoms with Crippen LogP contribution in [0.15, 0.2) is 36.4 Å². The zero-order chi connectivity index (χ0) is 13.1. The molecule has 0 aliphatic rings. The van der Waals surface area contributed by atoms with E-state index in [1.165, 1.54) is 18.2 Å². The molecular weight excluding hydrogens is 241 g/mol. The van der Waals surface area contributed by atoms with E-state index in [1.807, 2.05) is 0 Å². The van der Waals surface area contributed by atoms with E-state index in [4.69, 9.17) is 5.73 Å². The molecule has 3 N–H and O–H groups in total. The van der Waals surface area contributed by atoms with Gasteiger partial charge in [0.1, 0.15) is 17.5 Å². The van der Waals surface area contributed by atoms with Crippen LogP contribution in [0.5, 0.6) is 0 Å². The lowest BCUT2D eigenvalue weighted by Crippen LogP contribution is -2.03. The molecule has 0 atom stereocenters. The summed E-state index contributed by atoms with van der Waals surface area (Å²) in [6.45, 7) is 0.0481. The number of hydrogen-bond donors (Lipinski definition) is 2. The van der Waals surface area contributed by atoms with Crippen LogP contribution < -0.4 is 11.1 Å². The Bertz CT molecular complexity index is 550. The van der Waals surface area contributed by atoms with Gasteiger partial charge in [0, 0.05) is 23.5 Å². The molecule has 0 aliphatic carbocycles. The quantitative estimate of drug-likeness (QED) is 0.822. The third-order valence-corrected chi connectivity index (χ3v) is 2.41. The maximum absolute atomic E-state index is 13.3. The summed E-state index contributed by atoms with van der Waals surface area (Å²) in [6.07, 6.45) is 0. The van der Waals surface area contributed by atoms with Crippen molar-refractivity contribution in [1.82, 2.24) is 0 Å². The fourth-order valence-corrected chi connectivity index (χ4v) is 1.59. The first kappa shape index (κ1) is 12.3. The molecular formula is C13H11F3N2. The molecule has 0 bridgehead atoms. The third-order valence-electron chi connectivity index (χ3n) is 2.41. The Morgan fingerprint density at radius 2 is 1.72 bits per heavy atom. The summed E-state index contributed by atoms with van der Waals surface area (Å²) < 4.78 is 39.3. The predicted molar refractivity (Wildman–Crippen MR) is 64.5 cm³/mol. The largest absolute Gasteiger partial charge is 0.399 e. The number of halogens is 3. The second kappa shape index (κ2) is 5.00. The highest BCUT2D eigenvalue weighted by molar-refractivity contribution is 5.54. The van der Waals surface area contributed by atoms with Gasteiger partial charge in [-0.05, 0) is 36.4 Å². The average Bonchev–Trinajstić information content (AvgIpc) is 2.29. The lowest BCUT2D eigenvalue weighted by molar-refractivity contribution is 0.587. The summed E-state index contributed by atoms with van der Waals surface area (Å²) >= 11 is 0. The van der Waals surface area contributed by atoms with Gasteiger partial charge in [0.25, 0.3) is 0 Å². The molecule has 18 heavy (non-hydrogen) atoms. The van der Waals surface area contributed by atoms with Crippen molar-refractivity contribution in [3.05, 3.63) is 59.4 Å². The van der Waals surface area contributed by atoms with Gasteiger partial charge in [0.05, 0.1) is 0 Å². The molecule has 2 aromatic carbocycles. The van der Waals surface area contributed by atoms with Gasteiger partial charge in [-0.25, -0.2) is 13.2 Å². The van der Waals surface area contributed by atoms with Crippen LogP contribution in [0.25, 0.3) is 0 Å². The van der Waals surface area contributed by atoms with E-state index in [0.717, 1.165) is 18.2 Å². The fraction of sp³-hybridized carbons (Fsp3) is 0.0769. The molecule has 2 aromatic rings. The molecule has 2 nitrogen and oxygen atoms in total. The van der Waals surface area contributed by atoms with Gasteiger partial charge in [-0.1, -0.05) is 0 Å². The summed E-state index contributed by atoms with van der Waals surface area (Å²) in [6, 6.07) is 7.10. The standard InChI is InChI=1S/C13H11F3N2/c14-9-1-2-13(16)8(3-9)7-18-12-5-10(15)4-11(17)6-12/h1-6,18H,7,17H2. The van der Waals surface area contributed by atoms with Gasteiger partial charge < -0.3 is 11.1 Å². The Kier molecular flexibility index (Phi) is 3.41. The van der Waals surface area contributed by atoms with E-state index in [9.17, 15) is 13.2 Å². The van der Waals surface area contributed by atoms with Crippen molar-refractivity contribution < 1.29 is 13.2 Å². The maximum Gasteiger partial charge on any atom is 0.128 e. The van der Waals surface area contributed by atoms with E-state index in [0.29, 0.717) is 5.69 Å². The minimum atomic E-state index is -0.521. The van der Waals surface area contributed by atoms with Crippen LogP contribution >= 0.6 is 0 Å². The third kappa shape index (κ3) is 2.94. The first-order valence-electron chi connectivity index (χ1n) is 5.28. The van der Waals surface area contributed by atoms with Crippen molar-refractivity contribution in [3.63, 3.8) is 0 Å². The summed E-state index contributed by atoms with van der Waals surface area (Å²) in [5, 5.41) is 2.78. The summed E-state index contributed by atoms with van der Waals surface area (Å²) in [7, 11) is 0. The minimum Gasteiger partial charge on any atom is -0.399 e.